The summed E-state index contributed by atoms with van der Waals surface area (Å²) in [5.74, 6) is 0. The van der Waals surface area contributed by atoms with Gasteiger partial charge in [-0.05, 0) is 55.4 Å². The first-order valence-corrected chi connectivity index (χ1v) is 5.81. The van der Waals surface area contributed by atoms with Gasteiger partial charge in [0.1, 0.15) is 0 Å². The smallest absolute Gasteiger partial charge is 0.0549 e. The van der Waals surface area contributed by atoms with Gasteiger partial charge < -0.3 is 4.57 Å². The van der Waals surface area contributed by atoms with E-state index in [1.54, 1.807) is 11.1 Å². The molecule has 0 saturated carbocycles. The highest BCUT2D eigenvalue weighted by Crippen LogP contribution is 2.45. The normalized spacial score (nSPS) is 25.1. The molecule has 0 amide bonds. The third kappa shape index (κ3) is 0.956. The van der Waals surface area contributed by atoms with Crippen LogP contribution in [0.2, 0.25) is 0 Å². The second kappa shape index (κ2) is 3.01. The molecule has 1 unspecified atom stereocenters. The van der Waals surface area contributed by atoms with Crippen molar-refractivity contribution in [1.82, 2.24) is 4.57 Å². The summed E-state index contributed by atoms with van der Waals surface area (Å²) >= 11 is 0. The number of aromatic nitrogens is 1. The fraction of sp³-hybridized carbons (Fsp3) is 0.538. The summed E-state index contributed by atoms with van der Waals surface area (Å²) in [4.78, 5) is 0. The zero-order valence-corrected chi connectivity index (χ0v) is 8.79. The van der Waals surface area contributed by atoms with Crippen LogP contribution in [0.15, 0.2) is 23.9 Å². The first-order chi connectivity index (χ1) is 6.92. The van der Waals surface area contributed by atoms with E-state index in [-0.39, 0.29) is 0 Å². The maximum absolute atomic E-state index is 2.48. The number of rotatable bonds is 1. The van der Waals surface area contributed by atoms with Gasteiger partial charge in [-0.3, -0.25) is 0 Å². The summed E-state index contributed by atoms with van der Waals surface area (Å²) in [5.41, 5.74) is 4.93. The molecule has 2 heterocycles. The van der Waals surface area contributed by atoms with E-state index in [1.807, 2.05) is 0 Å². The largest absolute Gasteiger partial charge is 0.341 e. The molecule has 0 spiro atoms. The molecule has 0 fully saturated rings. The topological polar surface area (TPSA) is 4.93 Å². The molecule has 0 N–H and O–H groups in total. The van der Waals surface area contributed by atoms with Crippen LogP contribution in [0.4, 0.5) is 0 Å². The van der Waals surface area contributed by atoms with Crippen LogP contribution in [0, 0.1) is 0 Å². The summed E-state index contributed by atoms with van der Waals surface area (Å²) in [6.45, 7) is 2.30. The number of hydrogen-bond acceptors (Lipinski definition) is 0. The van der Waals surface area contributed by atoms with E-state index in [2.05, 4.69) is 29.8 Å². The fourth-order valence-electron chi connectivity index (χ4n) is 3.12. The molecule has 14 heavy (non-hydrogen) atoms. The molecule has 1 nitrogen and oxygen atoms in total. The quantitative estimate of drug-likeness (QED) is 0.630. The number of nitrogens with zero attached hydrogens (tertiary/aromatic N) is 1. The van der Waals surface area contributed by atoms with Crippen molar-refractivity contribution in [2.45, 2.75) is 45.1 Å². The minimum absolute atomic E-state index is 0.690. The zero-order chi connectivity index (χ0) is 9.54. The van der Waals surface area contributed by atoms with Crippen molar-refractivity contribution in [1.29, 1.82) is 0 Å². The number of allylic oxidation sites excluding steroid dienone is 2. The van der Waals surface area contributed by atoms with E-state index in [9.17, 15) is 0 Å². The lowest BCUT2D eigenvalue weighted by molar-refractivity contribution is 0.544. The lowest BCUT2D eigenvalue weighted by Gasteiger charge is -2.19. The van der Waals surface area contributed by atoms with Crippen molar-refractivity contribution in [2.24, 2.45) is 0 Å². The Balaban J connectivity index is 2.13. The second-order valence-corrected chi connectivity index (χ2v) is 4.44. The maximum atomic E-state index is 2.48. The van der Waals surface area contributed by atoms with Crippen molar-refractivity contribution in [3.05, 3.63) is 29.6 Å². The first-order valence-electron chi connectivity index (χ1n) is 5.81. The van der Waals surface area contributed by atoms with E-state index < -0.39 is 0 Å². The molecule has 1 aromatic heterocycles. The van der Waals surface area contributed by atoms with Crippen LogP contribution in [0.5, 0.6) is 0 Å². The standard InChI is InChI=1S/C13H17N/c1-2-12-10-6-3-4-7-11(10)13-8-5-9-14(12)13/h5,8-9,12H,2-4,6-7H2,1H3. The molecule has 1 aliphatic carbocycles. The molecule has 1 atom stereocenters. The van der Waals surface area contributed by atoms with Gasteiger partial charge in [-0.1, -0.05) is 6.92 Å². The van der Waals surface area contributed by atoms with Crippen LogP contribution in [0.25, 0.3) is 5.57 Å². The fourth-order valence-corrected chi connectivity index (χ4v) is 3.12. The van der Waals surface area contributed by atoms with Gasteiger partial charge in [0.25, 0.3) is 0 Å². The van der Waals surface area contributed by atoms with Gasteiger partial charge in [0.15, 0.2) is 0 Å². The first kappa shape index (κ1) is 8.34. The van der Waals surface area contributed by atoms with E-state index in [1.165, 1.54) is 37.8 Å². The Kier molecular flexibility index (Phi) is 1.79. The SMILES string of the molecule is CCC1C2=C(CCCC2)c2cccn21. The predicted octanol–water partition coefficient (Wildman–Crippen LogP) is 3.78. The third-order valence-electron chi connectivity index (χ3n) is 3.72. The Labute approximate surface area is 85.4 Å². The van der Waals surface area contributed by atoms with Gasteiger partial charge >= 0.3 is 0 Å². The average Bonchev–Trinajstić information content (AvgIpc) is 2.77. The Hall–Kier alpha value is -0.980. The van der Waals surface area contributed by atoms with Crippen molar-refractivity contribution in [3.63, 3.8) is 0 Å². The Bertz CT molecular complexity index is 384. The van der Waals surface area contributed by atoms with Crippen molar-refractivity contribution in [3.8, 4) is 0 Å². The third-order valence-corrected chi connectivity index (χ3v) is 3.72. The summed E-state index contributed by atoms with van der Waals surface area (Å²) in [6.07, 6.45) is 8.95. The Morgan fingerprint density at radius 1 is 1.36 bits per heavy atom. The predicted molar refractivity (Wildman–Crippen MR) is 59.1 cm³/mol. The molecule has 0 radical (unpaired) electrons. The van der Waals surface area contributed by atoms with Crippen LogP contribution >= 0.6 is 0 Å². The molecule has 0 bridgehead atoms. The lowest BCUT2D eigenvalue weighted by Crippen LogP contribution is -2.05. The Morgan fingerprint density at radius 2 is 2.21 bits per heavy atom. The summed E-state index contributed by atoms with van der Waals surface area (Å²) in [7, 11) is 0. The Morgan fingerprint density at radius 3 is 3.07 bits per heavy atom. The molecule has 3 rings (SSSR count). The molecule has 74 valence electrons. The molecule has 1 aliphatic heterocycles. The van der Waals surface area contributed by atoms with Crippen LogP contribution in [-0.2, 0) is 0 Å². The van der Waals surface area contributed by atoms with Gasteiger partial charge in [0.05, 0.1) is 6.04 Å². The summed E-state index contributed by atoms with van der Waals surface area (Å²) in [6, 6.07) is 5.17. The molecular weight excluding hydrogens is 170 g/mol. The minimum Gasteiger partial charge on any atom is -0.341 e. The average molecular weight is 187 g/mol. The van der Waals surface area contributed by atoms with Crippen molar-refractivity contribution < 1.29 is 0 Å². The van der Waals surface area contributed by atoms with Gasteiger partial charge in [0.2, 0.25) is 0 Å². The van der Waals surface area contributed by atoms with E-state index in [0.29, 0.717) is 6.04 Å². The van der Waals surface area contributed by atoms with Gasteiger partial charge in [-0.25, -0.2) is 0 Å². The highest BCUT2D eigenvalue weighted by atomic mass is 15.0. The highest BCUT2D eigenvalue weighted by molar-refractivity contribution is 5.71. The van der Waals surface area contributed by atoms with Gasteiger partial charge in [-0.15, -0.1) is 0 Å². The monoisotopic (exact) mass is 187 g/mol. The second-order valence-electron chi connectivity index (χ2n) is 4.44. The van der Waals surface area contributed by atoms with Gasteiger partial charge in [0, 0.05) is 11.9 Å². The summed E-state index contributed by atoms with van der Waals surface area (Å²) < 4.78 is 2.48. The van der Waals surface area contributed by atoms with E-state index in [4.69, 9.17) is 0 Å². The molecular formula is C13H17N. The van der Waals surface area contributed by atoms with Crippen LogP contribution in [0.1, 0.15) is 50.8 Å². The molecule has 1 aromatic rings. The van der Waals surface area contributed by atoms with E-state index in [0.717, 1.165) is 0 Å². The molecule has 0 aromatic carbocycles. The van der Waals surface area contributed by atoms with Crippen LogP contribution in [-0.4, -0.2) is 4.57 Å². The minimum atomic E-state index is 0.690. The molecule has 1 heteroatoms. The number of hydrogen-bond donors (Lipinski definition) is 0. The molecule has 0 saturated heterocycles. The summed E-state index contributed by atoms with van der Waals surface area (Å²) in [5, 5.41) is 0. The van der Waals surface area contributed by atoms with Crippen molar-refractivity contribution in [2.75, 3.05) is 0 Å². The maximum Gasteiger partial charge on any atom is 0.0549 e. The molecule has 2 aliphatic rings. The highest BCUT2D eigenvalue weighted by Gasteiger charge is 2.29. The number of fused-ring (bicyclic) bond motifs is 2. The zero-order valence-electron chi connectivity index (χ0n) is 8.79. The van der Waals surface area contributed by atoms with Crippen molar-refractivity contribution >= 4 is 5.57 Å². The van der Waals surface area contributed by atoms with Crippen LogP contribution in [0.3, 0.4) is 0 Å². The van der Waals surface area contributed by atoms with E-state index >= 15 is 0 Å². The lowest BCUT2D eigenvalue weighted by atomic mass is 9.88. The van der Waals surface area contributed by atoms with Crippen LogP contribution < -0.4 is 0 Å². The van der Waals surface area contributed by atoms with Gasteiger partial charge in [-0.2, -0.15) is 0 Å².